The van der Waals surface area contributed by atoms with E-state index in [-0.39, 0.29) is 0 Å². The van der Waals surface area contributed by atoms with Gasteiger partial charge in [-0.05, 0) is 18.8 Å². The molecule has 1 aliphatic carbocycles. The lowest BCUT2D eigenvalue weighted by Crippen LogP contribution is -2.33. The highest BCUT2D eigenvalue weighted by atomic mass is 32.2. The Bertz CT molecular complexity index is 174. The predicted octanol–water partition coefficient (Wildman–Crippen LogP) is 3.58. The minimum Gasteiger partial charge on any atom is -0.368 e. The Kier molecular flexibility index (Phi) is 5.87. The van der Waals surface area contributed by atoms with Crippen molar-refractivity contribution in [1.82, 2.24) is 5.32 Å². The van der Waals surface area contributed by atoms with E-state index < -0.39 is 0 Å². The maximum absolute atomic E-state index is 5.31. The van der Waals surface area contributed by atoms with Gasteiger partial charge >= 0.3 is 0 Å². The number of thioether (sulfide) groups is 1. The van der Waals surface area contributed by atoms with E-state index in [9.17, 15) is 0 Å². The van der Waals surface area contributed by atoms with Gasteiger partial charge in [-0.1, -0.05) is 57.1 Å². The zero-order chi connectivity index (χ0) is 10.4. The first-order valence-corrected chi connectivity index (χ1v) is 7.01. The van der Waals surface area contributed by atoms with Crippen molar-refractivity contribution < 1.29 is 0 Å². The third-order valence-corrected chi connectivity index (χ3v) is 4.16. The molecule has 1 nitrogen and oxygen atoms in total. The summed E-state index contributed by atoms with van der Waals surface area (Å²) in [6.45, 7) is 4.46. The van der Waals surface area contributed by atoms with Gasteiger partial charge in [-0.15, -0.1) is 0 Å². The fourth-order valence-corrected chi connectivity index (χ4v) is 2.80. The van der Waals surface area contributed by atoms with Crippen LogP contribution in [0.5, 0.6) is 0 Å². The van der Waals surface area contributed by atoms with E-state index in [1.165, 1.54) is 32.1 Å². The molecule has 1 rings (SSSR count). The molecule has 1 N–H and O–H groups in total. The summed E-state index contributed by atoms with van der Waals surface area (Å²) in [6, 6.07) is 0.663. The highest BCUT2D eigenvalue weighted by Crippen LogP contribution is 2.19. The van der Waals surface area contributed by atoms with Crippen LogP contribution in [0.25, 0.3) is 0 Å². The molecule has 0 aromatic rings. The lowest BCUT2D eigenvalue weighted by Gasteiger charge is -2.23. The Morgan fingerprint density at radius 3 is 2.57 bits per heavy atom. The lowest BCUT2D eigenvalue weighted by atomic mass is 9.96. The third kappa shape index (κ3) is 5.20. The molecule has 0 saturated heterocycles. The zero-order valence-electron chi connectivity index (χ0n) is 9.21. The van der Waals surface area contributed by atoms with E-state index in [0.29, 0.717) is 6.04 Å². The molecule has 14 heavy (non-hydrogen) atoms. The van der Waals surface area contributed by atoms with Crippen molar-refractivity contribution in [3.8, 4) is 0 Å². The van der Waals surface area contributed by atoms with Crippen LogP contribution in [0.2, 0.25) is 0 Å². The van der Waals surface area contributed by atoms with E-state index in [0.717, 1.165) is 16.0 Å². The van der Waals surface area contributed by atoms with Crippen LogP contribution in [0.1, 0.15) is 46.0 Å². The Morgan fingerprint density at radius 1 is 1.36 bits per heavy atom. The van der Waals surface area contributed by atoms with Crippen LogP contribution in [0.4, 0.5) is 0 Å². The minimum absolute atomic E-state index is 0.663. The maximum atomic E-state index is 5.31. The molecule has 0 heterocycles. The molecule has 0 unspecified atom stereocenters. The Balaban J connectivity index is 2.12. The first kappa shape index (κ1) is 12.3. The standard InChI is InChI=1S/C11H21NS2/c1-9(2)8-14-11(13)12-10-6-4-3-5-7-10/h9-10H,3-8H2,1-2H3,(H,12,13). The van der Waals surface area contributed by atoms with Gasteiger partial charge in [0, 0.05) is 11.8 Å². The zero-order valence-corrected chi connectivity index (χ0v) is 10.8. The van der Waals surface area contributed by atoms with Gasteiger partial charge in [0.05, 0.1) is 0 Å². The van der Waals surface area contributed by atoms with Crippen LogP contribution in [0.15, 0.2) is 0 Å². The van der Waals surface area contributed by atoms with Crippen molar-refractivity contribution in [2.45, 2.75) is 52.0 Å². The molecule has 3 heteroatoms. The van der Waals surface area contributed by atoms with E-state index >= 15 is 0 Å². The smallest absolute Gasteiger partial charge is 0.133 e. The van der Waals surface area contributed by atoms with Gasteiger partial charge in [-0.3, -0.25) is 0 Å². The number of hydrogen-bond acceptors (Lipinski definition) is 2. The Morgan fingerprint density at radius 2 is 2.00 bits per heavy atom. The highest BCUT2D eigenvalue weighted by Gasteiger charge is 2.13. The van der Waals surface area contributed by atoms with Gasteiger partial charge in [0.25, 0.3) is 0 Å². The number of thiocarbonyl (C=S) groups is 1. The first-order chi connectivity index (χ1) is 6.68. The van der Waals surface area contributed by atoms with Crippen LogP contribution >= 0.6 is 24.0 Å². The number of hydrogen-bond donors (Lipinski definition) is 1. The van der Waals surface area contributed by atoms with E-state index in [2.05, 4.69) is 19.2 Å². The molecule has 0 bridgehead atoms. The predicted molar refractivity (Wildman–Crippen MR) is 69.9 cm³/mol. The van der Waals surface area contributed by atoms with Crippen LogP contribution < -0.4 is 5.32 Å². The summed E-state index contributed by atoms with van der Waals surface area (Å²) in [5.41, 5.74) is 0. The summed E-state index contributed by atoms with van der Waals surface area (Å²) in [6.07, 6.45) is 6.76. The minimum atomic E-state index is 0.663. The van der Waals surface area contributed by atoms with Gasteiger partial charge in [-0.2, -0.15) is 0 Å². The molecule has 0 atom stereocenters. The average molecular weight is 231 g/mol. The summed E-state index contributed by atoms with van der Waals surface area (Å²) in [5, 5.41) is 3.47. The van der Waals surface area contributed by atoms with Crippen molar-refractivity contribution >= 4 is 28.3 Å². The molecule has 0 spiro atoms. The fraction of sp³-hybridized carbons (Fsp3) is 0.909. The van der Waals surface area contributed by atoms with Crippen molar-refractivity contribution in [2.24, 2.45) is 5.92 Å². The SMILES string of the molecule is CC(C)CSC(=S)NC1CCCCC1. The molecule has 1 saturated carbocycles. The Hall–Kier alpha value is 0.240. The van der Waals surface area contributed by atoms with Crippen LogP contribution in [0.3, 0.4) is 0 Å². The van der Waals surface area contributed by atoms with E-state index in [1.807, 2.05) is 0 Å². The number of nitrogens with one attached hydrogen (secondary N) is 1. The second-order valence-corrected chi connectivity index (χ2v) is 6.17. The lowest BCUT2D eigenvalue weighted by molar-refractivity contribution is 0.416. The quantitative estimate of drug-likeness (QED) is 0.746. The third-order valence-electron chi connectivity index (χ3n) is 2.47. The molecule has 0 aromatic heterocycles. The Labute approximate surface area is 97.4 Å². The summed E-state index contributed by atoms with van der Waals surface area (Å²) < 4.78 is 1.01. The molecule has 0 aliphatic heterocycles. The molecule has 1 fully saturated rings. The van der Waals surface area contributed by atoms with Crippen LogP contribution in [0, 0.1) is 5.92 Å². The van der Waals surface area contributed by atoms with Gasteiger partial charge in [0.15, 0.2) is 0 Å². The van der Waals surface area contributed by atoms with Crippen molar-refractivity contribution in [1.29, 1.82) is 0 Å². The highest BCUT2D eigenvalue weighted by molar-refractivity contribution is 8.22. The van der Waals surface area contributed by atoms with Crippen molar-refractivity contribution in [3.63, 3.8) is 0 Å². The summed E-state index contributed by atoms with van der Waals surface area (Å²) in [4.78, 5) is 0. The molecule has 82 valence electrons. The second kappa shape index (κ2) is 6.67. The van der Waals surface area contributed by atoms with Gasteiger partial charge < -0.3 is 5.32 Å². The normalized spacial score (nSPS) is 18.5. The van der Waals surface area contributed by atoms with Crippen LogP contribution in [-0.4, -0.2) is 16.1 Å². The fourth-order valence-electron chi connectivity index (χ4n) is 1.70. The molecule has 1 aliphatic rings. The van der Waals surface area contributed by atoms with Crippen molar-refractivity contribution in [2.75, 3.05) is 5.75 Å². The summed E-state index contributed by atoms with van der Waals surface area (Å²) in [7, 11) is 0. The molecule has 0 aromatic carbocycles. The largest absolute Gasteiger partial charge is 0.368 e. The monoisotopic (exact) mass is 231 g/mol. The maximum Gasteiger partial charge on any atom is 0.133 e. The van der Waals surface area contributed by atoms with E-state index in [1.54, 1.807) is 11.8 Å². The average Bonchev–Trinajstić information content (AvgIpc) is 2.16. The summed E-state index contributed by atoms with van der Waals surface area (Å²) >= 11 is 7.10. The topological polar surface area (TPSA) is 12.0 Å². The van der Waals surface area contributed by atoms with Gasteiger partial charge in [0.2, 0.25) is 0 Å². The molecule has 0 radical (unpaired) electrons. The first-order valence-electron chi connectivity index (χ1n) is 5.62. The molecular formula is C11H21NS2. The second-order valence-electron chi connectivity index (χ2n) is 4.47. The van der Waals surface area contributed by atoms with Gasteiger partial charge in [0.1, 0.15) is 4.32 Å². The number of rotatable bonds is 3. The van der Waals surface area contributed by atoms with E-state index in [4.69, 9.17) is 12.2 Å². The molecular weight excluding hydrogens is 210 g/mol. The van der Waals surface area contributed by atoms with Crippen LogP contribution in [-0.2, 0) is 0 Å². The van der Waals surface area contributed by atoms with Gasteiger partial charge in [-0.25, -0.2) is 0 Å². The summed E-state index contributed by atoms with van der Waals surface area (Å²) in [5.74, 6) is 1.87. The van der Waals surface area contributed by atoms with Crippen molar-refractivity contribution in [3.05, 3.63) is 0 Å². The molecule has 0 amide bonds.